The highest BCUT2D eigenvalue weighted by atomic mass is 16.5. The second kappa shape index (κ2) is 2.99. The van der Waals surface area contributed by atoms with Gasteiger partial charge in [0.15, 0.2) is 5.65 Å². The van der Waals surface area contributed by atoms with Crippen molar-refractivity contribution in [2.75, 3.05) is 12.8 Å². The van der Waals surface area contributed by atoms with Gasteiger partial charge in [-0.3, -0.25) is 0 Å². The first-order valence-electron chi connectivity index (χ1n) is 3.91. The molecule has 0 amide bonds. The van der Waals surface area contributed by atoms with E-state index >= 15 is 0 Å². The zero-order chi connectivity index (χ0) is 10.1. The van der Waals surface area contributed by atoms with Gasteiger partial charge in [0.05, 0.1) is 7.11 Å². The second-order valence-electron chi connectivity index (χ2n) is 2.65. The van der Waals surface area contributed by atoms with Crippen molar-refractivity contribution in [1.82, 2.24) is 14.6 Å². The van der Waals surface area contributed by atoms with Gasteiger partial charge < -0.3 is 10.5 Å². The van der Waals surface area contributed by atoms with Crippen LogP contribution in [0.1, 0.15) is 10.4 Å². The highest BCUT2D eigenvalue weighted by molar-refractivity contribution is 5.95. The number of fused-ring (bicyclic) bond motifs is 1. The fourth-order valence-electron chi connectivity index (χ4n) is 1.19. The third-order valence-electron chi connectivity index (χ3n) is 1.78. The number of carbonyl (C=O) groups is 1. The molecule has 2 N–H and O–H groups in total. The average molecular weight is 192 g/mol. The maximum Gasteiger partial charge on any atom is 0.341 e. The van der Waals surface area contributed by atoms with Gasteiger partial charge in [0.1, 0.15) is 5.56 Å². The van der Waals surface area contributed by atoms with Crippen LogP contribution in [0.4, 0.5) is 5.95 Å². The molecule has 6 nitrogen and oxygen atoms in total. The number of anilines is 1. The van der Waals surface area contributed by atoms with E-state index in [4.69, 9.17) is 5.73 Å². The standard InChI is InChI=1S/C8H8N4O2/c1-14-7(13)5-3-2-4-12-6(5)10-8(9)11-12/h2-4H,1H3,(H2,9,11). The van der Waals surface area contributed by atoms with Gasteiger partial charge in [-0.25, -0.2) is 9.31 Å². The Morgan fingerprint density at radius 2 is 2.43 bits per heavy atom. The number of nitrogens with two attached hydrogens (primary N) is 1. The van der Waals surface area contributed by atoms with Crippen molar-refractivity contribution < 1.29 is 9.53 Å². The monoisotopic (exact) mass is 192 g/mol. The van der Waals surface area contributed by atoms with Gasteiger partial charge in [0.2, 0.25) is 5.95 Å². The third kappa shape index (κ3) is 1.17. The lowest BCUT2D eigenvalue weighted by Crippen LogP contribution is -2.04. The molecule has 0 aliphatic rings. The molecule has 0 bridgehead atoms. The first-order valence-corrected chi connectivity index (χ1v) is 3.91. The van der Waals surface area contributed by atoms with Crippen molar-refractivity contribution in [2.24, 2.45) is 0 Å². The van der Waals surface area contributed by atoms with Crippen molar-refractivity contribution in [1.29, 1.82) is 0 Å². The number of carbonyl (C=O) groups excluding carboxylic acids is 1. The lowest BCUT2D eigenvalue weighted by Gasteiger charge is -1.98. The van der Waals surface area contributed by atoms with E-state index in [-0.39, 0.29) is 5.95 Å². The quantitative estimate of drug-likeness (QED) is 0.648. The van der Waals surface area contributed by atoms with E-state index in [2.05, 4.69) is 14.8 Å². The topological polar surface area (TPSA) is 82.5 Å². The van der Waals surface area contributed by atoms with Gasteiger partial charge in [-0.2, -0.15) is 4.98 Å². The molecule has 0 saturated carbocycles. The van der Waals surface area contributed by atoms with Gasteiger partial charge in [-0.1, -0.05) is 0 Å². The molecule has 0 radical (unpaired) electrons. The van der Waals surface area contributed by atoms with Crippen LogP contribution in [-0.4, -0.2) is 27.7 Å². The molecule has 2 aromatic heterocycles. The van der Waals surface area contributed by atoms with Gasteiger partial charge in [-0.05, 0) is 12.1 Å². The van der Waals surface area contributed by atoms with Gasteiger partial charge >= 0.3 is 5.97 Å². The minimum absolute atomic E-state index is 0.126. The fourth-order valence-corrected chi connectivity index (χ4v) is 1.19. The zero-order valence-electron chi connectivity index (χ0n) is 7.47. The predicted octanol–water partition coefficient (Wildman–Crippen LogP) is 0.0981. The van der Waals surface area contributed by atoms with E-state index in [0.29, 0.717) is 11.2 Å². The Bertz CT molecular complexity index is 491. The lowest BCUT2D eigenvalue weighted by molar-refractivity contribution is 0.0602. The largest absolute Gasteiger partial charge is 0.465 e. The molecule has 0 aromatic carbocycles. The minimum atomic E-state index is -0.456. The summed E-state index contributed by atoms with van der Waals surface area (Å²) in [5.74, 6) is -0.329. The highest BCUT2D eigenvalue weighted by Gasteiger charge is 2.12. The molecular weight excluding hydrogens is 184 g/mol. The van der Waals surface area contributed by atoms with Crippen molar-refractivity contribution >= 4 is 17.6 Å². The molecule has 0 atom stereocenters. The summed E-state index contributed by atoms with van der Waals surface area (Å²) >= 11 is 0. The molecule has 0 aliphatic carbocycles. The van der Waals surface area contributed by atoms with E-state index in [0.717, 1.165) is 0 Å². The summed E-state index contributed by atoms with van der Waals surface area (Å²) in [5.41, 5.74) is 6.15. The number of aromatic nitrogens is 3. The summed E-state index contributed by atoms with van der Waals surface area (Å²) < 4.78 is 6.02. The number of nitrogens with zero attached hydrogens (tertiary/aromatic N) is 3. The van der Waals surface area contributed by atoms with E-state index in [9.17, 15) is 4.79 Å². The summed E-state index contributed by atoms with van der Waals surface area (Å²) in [4.78, 5) is 15.2. The van der Waals surface area contributed by atoms with E-state index in [1.165, 1.54) is 11.6 Å². The van der Waals surface area contributed by atoms with Crippen LogP contribution in [0.3, 0.4) is 0 Å². The number of pyridine rings is 1. The molecule has 0 saturated heterocycles. The van der Waals surface area contributed by atoms with Crippen LogP contribution in [0.5, 0.6) is 0 Å². The van der Waals surface area contributed by atoms with Crippen LogP contribution in [0.2, 0.25) is 0 Å². The number of rotatable bonds is 1. The van der Waals surface area contributed by atoms with Crippen LogP contribution < -0.4 is 5.73 Å². The molecule has 0 aliphatic heterocycles. The highest BCUT2D eigenvalue weighted by Crippen LogP contribution is 2.10. The maximum atomic E-state index is 11.3. The Morgan fingerprint density at radius 1 is 1.64 bits per heavy atom. The molecule has 2 heterocycles. The maximum absolute atomic E-state index is 11.3. The molecule has 0 fully saturated rings. The third-order valence-corrected chi connectivity index (χ3v) is 1.78. The molecule has 14 heavy (non-hydrogen) atoms. The summed E-state index contributed by atoms with van der Waals surface area (Å²) in [6.45, 7) is 0. The van der Waals surface area contributed by atoms with Crippen molar-refractivity contribution in [3.8, 4) is 0 Å². The normalized spacial score (nSPS) is 10.4. The number of nitrogen functional groups attached to an aromatic ring is 1. The van der Waals surface area contributed by atoms with E-state index in [1.54, 1.807) is 18.3 Å². The molecule has 72 valence electrons. The molecule has 0 unspecified atom stereocenters. The fraction of sp³-hybridized carbons (Fsp3) is 0.125. The number of hydrogen-bond donors (Lipinski definition) is 1. The van der Waals surface area contributed by atoms with Crippen molar-refractivity contribution in [2.45, 2.75) is 0 Å². The first-order chi connectivity index (χ1) is 6.72. The predicted molar refractivity (Wildman–Crippen MR) is 48.7 cm³/mol. The number of esters is 1. The molecule has 6 heteroatoms. The molecular formula is C8H8N4O2. The zero-order valence-corrected chi connectivity index (χ0v) is 7.47. The summed E-state index contributed by atoms with van der Waals surface area (Å²) in [5, 5.41) is 3.87. The van der Waals surface area contributed by atoms with Crippen LogP contribution in [-0.2, 0) is 4.74 Å². The van der Waals surface area contributed by atoms with Crippen LogP contribution >= 0.6 is 0 Å². The van der Waals surface area contributed by atoms with Gasteiger partial charge in [0.25, 0.3) is 0 Å². The SMILES string of the molecule is COC(=O)c1cccn2nc(N)nc12. The van der Waals surface area contributed by atoms with E-state index < -0.39 is 5.97 Å². The Labute approximate surface area is 79.3 Å². The summed E-state index contributed by atoms with van der Waals surface area (Å²) in [6.07, 6.45) is 1.66. The van der Waals surface area contributed by atoms with Crippen LogP contribution in [0, 0.1) is 0 Å². The number of ether oxygens (including phenoxy) is 1. The minimum Gasteiger partial charge on any atom is -0.465 e. The number of methoxy groups -OCH3 is 1. The Balaban J connectivity index is 2.70. The molecule has 2 rings (SSSR count). The molecule has 0 spiro atoms. The Morgan fingerprint density at radius 3 is 3.14 bits per heavy atom. The number of hydrogen-bond acceptors (Lipinski definition) is 5. The van der Waals surface area contributed by atoms with Crippen molar-refractivity contribution in [3.63, 3.8) is 0 Å². The summed E-state index contributed by atoms with van der Waals surface area (Å²) in [6, 6.07) is 3.28. The summed E-state index contributed by atoms with van der Waals surface area (Å²) in [7, 11) is 1.31. The smallest absolute Gasteiger partial charge is 0.341 e. The molecule has 2 aromatic rings. The first kappa shape index (κ1) is 8.49. The lowest BCUT2D eigenvalue weighted by atomic mass is 10.3. The Hall–Kier alpha value is -2.11. The van der Waals surface area contributed by atoms with Crippen LogP contribution in [0.25, 0.3) is 5.65 Å². The van der Waals surface area contributed by atoms with Crippen molar-refractivity contribution in [3.05, 3.63) is 23.9 Å². The average Bonchev–Trinajstić information content (AvgIpc) is 2.56. The van der Waals surface area contributed by atoms with E-state index in [1.807, 2.05) is 0 Å². The second-order valence-corrected chi connectivity index (χ2v) is 2.65. The van der Waals surface area contributed by atoms with Gasteiger partial charge in [-0.15, -0.1) is 5.10 Å². The van der Waals surface area contributed by atoms with Gasteiger partial charge in [0, 0.05) is 6.20 Å². The van der Waals surface area contributed by atoms with Crippen LogP contribution in [0.15, 0.2) is 18.3 Å². The Kier molecular flexibility index (Phi) is 1.81.